The number of nitrogens with one attached hydrogen (secondary N) is 1. The van der Waals surface area contributed by atoms with Gasteiger partial charge < -0.3 is 15.0 Å². The van der Waals surface area contributed by atoms with Crippen LogP contribution in [0.25, 0.3) is 0 Å². The van der Waals surface area contributed by atoms with Gasteiger partial charge in [-0.05, 0) is 107 Å². The molecule has 158 valence electrons. The Bertz CT molecular complexity index is 584. The molecule has 0 unspecified atom stereocenters. The minimum Gasteiger partial charge on any atom is -0.383 e. The van der Waals surface area contributed by atoms with E-state index in [1.165, 1.54) is 70.6 Å². The van der Waals surface area contributed by atoms with Crippen molar-refractivity contribution in [3.05, 3.63) is 34.1 Å². The van der Waals surface area contributed by atoms with E-state index in [9.17, 15) is 4.39 Å². The lowest BCUT2D eigenvalue weighted by Crippen LogP contribution is -2.37. The van der Waals surface area contributed by atoms with Crippen LogP contribution in [0.4, 0.5) is 4.39 Å². The van der Waals surface area contributed by atoms with Gasteiger partial charge in [0.25, 0.3) is 0 Å². The Labute approximate surface area is 178 Å². The van der Waals surface area contributed by atoms with Crippen molar-refractivity contribution in [3.63, 3.8) is 0 Å². The molecule has 1 aliphatic heterocycles. The van der Waals surface area contributed by atoms with Crippen LogP contribution in [-0.4, -0.2) is 50.8 Å². The van der Waals surface area contributed by atoms with Gasteiger partial charge in [0.05, 0.1) is 6.61 Å². The Balaban J connectivity index is 1.30. The summed E-state index contributed by atoms with van der Waals surface area (Å²) in [6, 6.07) is 5.75. The van der Waals surface area contributed by atoms with E-state index in [2.05, 4.69) is 26.1 Å². The number of methoxy groups -OCH3 is 1. The van der Waals surface area contributed by atoms with Crippen LogP contribution in [0, 0.1) is 17.7 Å². The summed E-state index contributed by atoms with van der Waals surface area (Å²) in [6.45, 7) is 5.44. The van der Waals surface area contributed by atoms with Gasteiger partial charge in [-0.3, -0.25) is 0 Å². The monoisotopic (exact) mass is 454 g/mol. The Morgan fingerprint density at radius 2 is 1.86 bits per heavy atom. The molecule has 0 radical (unpaired) electrons. The van der Waals surface area contributed by atoms with Crippen LogP contribution < -0.4 is 5.32 Å². The second-order valence-electron chi connectivity index (χ2n) is 8.68. The van der Waals surface area contributed by atoms with E-state index >= 15 is 0 Å². The molecule has 2 fully saturated rings. The van der Waals surface area contributed by atoms with E-state index in [0.717, 1.165) is 35.5 Å². The van der Waals surface area contributed by atoms with Gasteiger partial charge in [0.15, 0.2) is 0 Å². The predicted octanol–water partition coefficient (Wildman–Crippen LogP) is 5.03. The number of nitrogens with zero attached hydrogens (tertiary/aromatic N) is 1. The van der Waals surface area contributed by atoms with Crippen LogP contribution in [0.2, 0.25) is 0 Å². The van der Waals surface area contributed by atoms with Crippen LogP contribution in [0.3, 0.4) is 0 Å². The molecule has 3 nitrogen and oxygen atoms in total. The summed E-state index contributed by atoms with van der Waals surface area (Å²) in [7, 11) is 1.77. The lowest BCUT2D eigenvalue weighted by Gasteiger charge is -2.34. The maximum atomic E-state index is 13.5. The summed E-state index contributed by atoms with van der Waals surface area (Å²) in [5.41, 5.74) is 1.12. The first-order valence-corrected chi connectivity index (χ1v) is 11.8. The molecule has 1 heterocycles. The maximum absolute atomic E-state index is 13.5. The van der Waals surface area contributed by atoms with Gasteiger partial charge in [-0.15, -0.1) is 0 Å². The summed E-state index contributed by atoms with van der Waals surface area (Å²) in [4.78, 5) is 2.65. The quantitative estimate of drug-likeness (QED) is 0.529. The number of rotatable bonds is 9. The van der Waals surface area contributed by atoms with Gasteiger partial charge in [0.1, 0.15) is 5.82 Å². The molecular formula is C23H36BrFN2O. The summed E-state index contributed by atoms with van der Waals surface area (Å²) in [6.07, 6.45) is 10.2. The molecule has 28 heavy (non-hydrogen) atoms. The summed E-state index contributed by atoms with van der Waals surface area (Å²) >= 11 is 3.57. The average molecular weight is 455 g/mol. The van der Waals surface area contributed by atoms with Gasteiger partial charge in [0.2, 0.25) is 0 Å². The first kappa shape index (κ1) is 22.2. The first-order valence-electron chi connectivity index (χ1n) is 11.0. The van der Waals surface area contributed by atoms with E-state index in [4.69, 9.17) is 4.74 Å². The third-order valence-corrected chi connectivity index (χ3v) is 7.44. The van der Waals surface area contributed by atoms with E-state index in [-0.39, 0.29) is 5.82 Å². The van der Waals surface area contributed by atoms with Crippen LogP contribution >= 0.6 is 15.9 Å². The minimum absolute atomic E-state index is 0.126. The van der Waals surface area contributed by atoms with Crippen molar-refractivity contribution in [3.8, 4) is 0 Å². The van der Waals surface area contributed by atoms with Crippen LogP contribution in [0.15, 0.2) is 22.7 Å². The zero-order valence-corrected chi connectivity index (χ0v) is 18.9. The average Bonchev–Trinajstić information content (AvgIpc) is 2.71. The summed E-state index contributed by atoms with van der Waals surface area (Å²) in [5.74, 6) is 1.46. The molecule has 1 N–H and O–H groups in total. The molecule has 3 rings (SSSR count). The third-order valence-electron chi connectivity index (χ3n) is 6.66. The Kier molecular flexibility index (Phi) is 9.22. The molecule has 0 aromatic heterocycles. The molecule has 0 amide bonds. The molecule has 1 aliphatic carbocycles. The smallest absolute Gasteiger partial charge is 0.123 e. The fraction of sp³-hybridized carbons (Fsp3) is 0.739. The highest BCUT2D eigenvalue weighted by Crippen LogP contribution is 2.29. The van der Waals surface area contributed by atoms with Gasteiger partial charge >= 0.3 is 0 Å². The van der Waals surface area contributed by atoms with Crippen molar-refractivity contribution in [2.24, 2.45) is 11.8 Å². The number of piperidine rings is 1. The SMILES string of the molecule is COCCN[C@H]1CC[C@H](CCN2CCC(Cc3cc(F)ccc3Br)CC2)CC1. The third kappa shape index (κ3) is 7.08. The van der Waals surface area contributed by atoms with Crippen molar-refractivity contribution in [2.45, 2.75) is 57.4 Å². The standard InChI is InChI=1S/C23H36BrFN2O/c1-28-15-11-26-22-5-2-18(3-6-22)8-12-27-13-9-19(10-14-27)16-20-17-21(25)4-7-23(20)24/h4,7,17-19,22,26H,2-3,5-6,8-16H2,1H3/t18-,22-. The van der Waals surface area contributed by atoms with Gasteiger partial charge in [-0.2, -0.15) is 0 Å². The van der Waals surface area contributed by atoms with Gasteiger partial charge in [0, 0.05) is 24.2 Å². The molecule has 0 spiro atoms. The summed E-state index contributed by atoms with van der Waals surface area (Å²) < 4.78 is 19.7. The van der Waals surface area contributed by atoms with Crippen molar-refractivity contribution in [1.82, 2.24) is 10.2 Å². The highest BCUT2D eigenvalue weighted by Gasteiger charge is 2.24. The highest BCUT2D eigenvalue weighted by atomic mass is 79.9. The molecule has 1 aromatic rings. The number of ether oxygens (including phenoxy) is 1. The molecule has 0 atom stereocenters. The number of halogens is 2. The summed E-state index contributed by atoms with van der Waals surface area (Å²) in [5, 5.41) is 3.62. The number of likely N-dealkylation sites (tertiary alicyclic amines) is 1. The molecule has 5 heteroatoms. The van der Waals surface area contributed by atoms with E-state index in [1.807, 2.05) is 6.07 Å². The van der Waals surface area contributed by atoms with Crippen LogP contribution in [0.1, 0.15) is 50.5 Å². The van der Waals surface area contributed by atoms with Crippen molar-refractivity contribution in [1.29, 1.82) is 0 Å². The Morgan fingerprint density at radius 3 is 2.57 bits per heavy atom. The topological polar surface area (TPSA) is 24.5 Å². The molecular weight excluding hydrogens is 419 g/mol. The molecule has 1 saturated heterocycles. The van der Waals surface area contributed by atoms with Crippen LogP contribution in [0.5, 0.6) is 0 Å². The van der Waals surface area contributed by atoms with E-state index in [0.29, 0.717) is 12.0 Å². The lowest BCUT2D eigenvalue weighted by atomic mass is 9.83. The van der Waals surface area contributed by atoms with Crippen molar-refractivity contribution >= 4 is 15.9 Å². The second kappa shape index (κ2) is 11.6. The first-order chi connectivity index (χ1) is 13.6. The van der Waals surface area contributed by atoms with E-state index < -0.39 is 0 Å². The van der Waals surface area contributed by atoms with Gasteiger partial charge in [-0.1, -0.05) is 15.9 Å². The number of hydrogen-bond donors (Lipinski definition) is 1. The van der Waals surface area contributed by atoms with Crippen molar-refractivity contribution < 1.29 is 9.13 Å². The molecule has 0 bridgehead atoms. The largest absolute Gasteiger partial charge is 0.383 e. The normalized spacial score (nSPS) is 24.5. The molecule has 2 aliphatic rings. The predicted molar refractivity (Wildman–Crippen MR) is 117 cm³/mol. The zero-order valence-electron chi connectivity index (χ0n) is 17.3. The Morgan fingerprint density at radius 1 is 1.11 bits per heavy atom. The number of benzene rings is 1. The molecule has 1 aromatic carbocycles. The Hall–Kier alpha value is -0.490. The number of hydrogen-bond acceptors (Lipinski definition) is 3. The van der Waals surface area contributed by atoms with Crippen LogP contribution in [-0.2, 0) is 11.2 Å². The molecule has 1 saturated carbocycles. The second-order valence-corrected chi connectivity index (χ2v) is 9.53. The maximum Gasteiger partial charge on any atom is 0.123 e. The highest BCUT2D eigenvalue weighted by molar-refractivity contribution is 9.10. The fourth-order valence-corrected chi connectivity index (χ4v) is 5.22. The van der Waals surface area contributed by atoms with Gasteiger partial charge in [-0.25, -0.2) is 4.39 Å². The minimum atomic E-state index is -0.126. The van der Waals surface area contributed by atoms with Crippen molar-refractivity contribution in [2.75, 3.05) is 39.9 Å². The lowest BCUT2D eigenvalue weighted by molar-refractivity contribution is 0.160. The fourth-order valence-electron chi connectivity index (χ4n) is 4.81. The van der Waals surface area contributed by atoms with E-state index in [1.54, 1.807) is 13.2 Å². The zero-order chi connectivity index (χ0) is 19.8.